The molecule has 0 spiro atoms. The predicted octanol–water partition coefficient (Wildman–Crippen LogP) is 4.12. The van der Waals surface area contributed by atoms with Crippen LogP contribution in [0.5, 0.6) is 5.88 Å². The van der Waals surface area contributed by atoms with Crippen LogP contribution in [0.25, 0.3) is 0 Å². The highest BCUT2D eigenvalue weighted by atomic mass is 16.5. The lowest BCUT2D eigenvalue weighted by atomic mass is 9.96. The zero-order valence-electron chi connectivity index (χ0n) is 16.9. The number of pyridine rings is 1. The molecule has 1 amide bonds. The van der Waals surface area contributed by atoms with Crippen molar-refractivity contribution < 1.29 is 19.0 Å². The topological polar surface area (TPSA) is 69.7 Å². The van der Waals surface area contributed by atoms with E-state index in [-0.39, 0.29) is 5.91 Å². The third-order valence-electron chi connectivity index (χ3n) is 4.16. The molecular weight excluding hydrogens is 332 g/mol. The van der Waals surface area contributed by atoms with Gasteiger partial charge in [0.2, 0.25) is 5.88 Å². The Balaban J connectivity index is 2.70. The molecule has 0 fully saturated rings. The maximum atomic E-state index is 12.7. The van der Waals surface area contributed by atoms with Crippen LogP contribution in [0, 0.1) is 6.92 Å². The van der Waals surface area contributed by atoms with Crippen molar-refractivity contribution in [1.29, 1.82) is 0 Å². The summed E-state index contributed by atoms with van der Waals surface area (Å²) in [5.41, 5.74) is 0.680. The van der Waals surface area contributed by atoms with Crippen LogP contribution >= 0.6 is 0 Å². The third-order valence-corrected chi connectivity index (χ3v) is 4.16. The van der Waals surface area contributed by atoms with Gasteiger partial charge in [-0.25, -0.2) is 4.98 Å². The normalized spacial score (nSPS) is 13.3. The number of amides is 1. The Hall–Kier alpha value is -1.66. The maximum Gasteiger partial charge on any atom is 0.256 e. The van der Waals surface area contributed by atoms with E-state index in [1.54, 1.807) is 6.20 Å². The fourth-order valence-electron chi connectivity index (χ4n) is 2.67. The SMILES string of the molecule is CCCCC[C@](C)(OCC)C(=O)Nc1cnc(OCCOCC)c(C)c1. The van der Waals surface area contributed by atoms with Crippen molar-refractivity contribution in [2.24, 2.45) is 0 Å². The Morgan fingerprint density at radius 3 is 2.58 bits per heavy atom. The van der Waals surface area contributed by atoms with Crippen LogP contribution in [-0.2, 0) is 14.3 Å². The molecule has 1 heterocycles. The molecule has 0 radical (unpaired) electrons. The summed E-state index contributed by atoms with van der Waals surface area (Å²) in [5, 5.41) is 2.93. The van der Waals surface area contributed by atoms with Crippen molar-refractivity contribution in [2.45, 2.75) is 65.9 Å². The van der Waals surface area contributed by atoms with E-state index in [4.69, 9.17) is 14.2 Å². The van der Waals surface area contributed by atoms with E-state index < -0.39 is 5.60 Å². The fourth-order valence-corrected chi connectivity index (χ4v) is 2.67. The molecule has 0 aromatic carbocycles. The number of aryl methyl sites for hydroxylation is 1. The molecule has 6 nitrogen and oxygen atoms in total. The van der Waals surface area contributed by atoms with Crippen molar-refractivity contribution in [3.05, 3.63) is 17.8 Å². The summed E-state index contributed by atoms with van der Waals surface area (Å²) in [6.07, 6.45) is 5.47. The molecule has 148 valence electrons. The summed E-state index contributed by atoms with van der Waals surface area (Å²) in [4.78, 5) is 17.0. The van der Waals surface area contributed by atoms with Crippen molar-refractivity contribution in [1.82, 2.24) is 4.98 Å². The van der Waals surface area contributed by atoms with Crippen molar-refractivity contribution in [3.63, 3.8) is 0 Å². The monoisotopic (exact) mass is 366 g/mol. The summed E-state index contributed by atoms with van der Waals surface area (Å²) >= 11 is 0. The van der Waals surface area contributed by atoms with Gasteiger partial charge in [-0.3, -0.25) is 4.79 Å². The van der Waals surface area contributed by atoms with E-state index in [1.165, 1.54) is 0 Å². The second kappa shape index (κ2) is 11.9. The third kappa shape index (κ3) is 7.30. The molecular formula is C20H34N2O4. The quantitative estimate of drug-likeness (QED) is 0.532. The number of hydrogen-bond donors (Lipinski definition) is 1. The predicted molar refractivity (Wildman–Crippen MR) is 104 cm³/mol. The van der Waals surface area contributed by atoms with Crippen LogP contribution in [0.4, 0.5) is 5.69 Å². The Morgan fingerprint density at radius 1 is 1.19 bits per heavy atom. The number of anilines is 1. The lowest BCUT2D eigenvalue weighted by Crippen LogP contribution is -2.42. The number of carbonyl (C=O) groups is 1. The second-order valence-electron chi connectivity index (χ2n) is 6.47. The minimum Gasteiger partial charge on any atom is -0.475 e. The van der Waals surface area contributed by atoms with Gasteiger partial charge in [0.1, 0.15) is 12.2 Å². The molecule has 0 bridgehead atoms. The Kier molecular flexibility index (Phi) is 10.2. The number of aromatic nitrogens is 1. The molecule has 0 saturated carbocycles. The number of rotatable bonds is 13. The van der Waals surface area contributed by atoms with Crippen molar-refractivity contribution in [2.75, 3.05) is 31.7 Å². The van der Waals surface area contributed by atoms with Gasteiger partial charge in [0.25, 0.3) is 5.91 Å². The fraction of sp³-hybridized carbons (Fsp3) is 0.700. The van der Waals surface area contributed by atoms with Crippen LogP contribution in [0.15, 0.2) is 12.3 Å². The highest BCUT2D eigenvalue weighted by Gasteiger charge is 2.33. The van der Waals surface area contributed by atoms with Gasteiger partial charge in [-0.15, -0.1) is 0 Å². The molecule has 0 saturated heterocycles. The Morgan fingerprint density at radius 2 is 1.96 bits per heavy atom. The first-order chi connectivity index (χ1) is 12.5. The molecule has 1 N–H and O–H groups in total. The standard InChI is InChI=1S/C20H34N2O4/c1-6-9-10-11-20(5,26-8-3)19(23)22-17-14-16(4)18(21-15-17)25-13-12-24-7-2/h14-15H,6-13H2,1-5H3,(H,22,23)/t20-/m0/s1. The van der Waals surface area contributed by atoms with E-state index in [2.05, 4.69) is 17.2 Å². The minimum atomic E-state index is -0.829. The lowest BCUT2D eigenvalue weighted by molar-refractivity contribution is -0.139. The van der Waals surface area contributed by atoms with Crippen LogP contribution in [0.2, 0.25) is 0 Å². The van der Waals surface area contributed by atoms with E-state index in [1.807, 2.05) is 33.8 Å². The highest BCUT2D eigenvalue weighted by Crippen LogP contribution is 2.24. The zero-order chi connectivity index (χ0) is 19.4. The van der Waals surface area contributed by atoms with Gasteiger partial charge in [-0.2, -0.15) is 0 Å². The first-order valence-corrected chi connectivity index (χ1v) is 9.59. The summed E-state index contributed by atoms with van der Waals surface area (Å²) < 4.78 is 16.6. The largest absolute Gasteiger partial charge is 0.475 e. The Bertz CT molecular complexity index is 551. The molecule has 1 atom stereocenters. The van der Waals surface area contributed by atoms with E-state index in [0.29, 0.717) is 44.4 Å². The van der Waals surface area contributed by atoms with Gasteiger partial charge >= 0.3 is 0 Å². The van der Waals surface area contributed by atoms with Gasteiger partial charge in [-0.05, 0) is 40.2 Å². The van der Waals surface area contributed by atoms with Gasteiger partial charge in [0.15, 0.2) is 0 Å². The number of nitrogens with zero attached hydrogens (tertiary/aromatic N) is 1. The van der Waals surface area contributed by atoms with Gasteiger partial charge in [0, 0.05) is 18.8 Å². The molecule has 1 rings (SSSR count). The van der Waals surface area contributed by atoms with Crippen molar-refractivity contribution in [3.8, 4) is 5.88 Å². The zero-order valence-corrected chi connectivity index (χ0v) is 16.9. The lowest BCUT2D eigenvalue weighted by Gasteiger charge is -2.28. The Labute approximate surface area is 157 Å². The summed E-state index contributed by atoms with van der Waals surface area (Å²) in [5.74, 6) is 0.417. The second-order valence-corrected chi connectivity index (χ2v) is 6.47. The first-order valence-electron chi connectivity index (χ1n) is 9.59. The summed E-state index contributed by atoms with van der Waals surface area (Å²) in [7, 11) is 0. The molecule has 0 aliphatic carbocycles. The number of hydrogen-bond acceptors (Lipinski definition) is 5. The van der Waals surface area contributed by atoms with Crippen molar-refractivity contribution >= 4 is 11.6 Å². The van der Waals surface area contributed by atoms with Crippen LogP contribution in [0.1, 0.15) is 58.9 Å². The maximum absolute atomic E-state index is 12.7. The van der Waals surface area contributed by atoms with E-state index in [9.17, 15) is 4.79 Å². The van der Waals surface area contributed by atoms with Crippen LogP contribution < -0.4 is 10.1 Å². The molecule has 1 aromatic rings. The minimum absolute atomic E-state index is 0.137. The molecule has 0 unspecified atom stereocenters. The van der Waals surface area contributed by atoms with E-state index >= 15 is 0 Å². The highest BCUT2D eigenvalue weighted by molar-refractivity contribution is 5.97. The van der Waals surface area contributed by atoms with Gasteiger partial charge < -0.3 is 19.5 Å². The average Bonchev–Trinajstić information content (AvgIpc) is 2.60. The molecule has 0 aliphatic heterocycles. The summed E-state index contributed by atoms with van der Waals surface area (Å²) in [6, 6.07) is 1.86. The molecule has 0 aliphatic rings. The smallest absolute Gasteiger partial charge is 0.256 e. The molecule has 6 heteroatoms. The number of carbonyl (C=O) groups excluding carboxylic acids is 1. The first kappa shape index (κ1) is 22.4. The molecule has 1 aromatic heterocycles. The van der Waals surface area contributed by atoms with Crippen LogP contribution in [0.3, 0.4) is 0 Å². The van der Waals surface area contributed by atoms with Crippen LogP contribution in [-0.4, -0.2) is 42.9 Å². The number of unbranched alkanes of at least 4 members (excludes halogenated alkanes) is 2. The number of ether oxygens (including phenoxy) is 3. The summed E-state index contributed by atoms with van der Waals surface area (Å²) in [6.45, 7) is 11.9. The van der Waals surface area contributed by atoms with Gasteiger partial charge in [-0.1, -0.05) is 26.2 Å². The molecule has 26 heavy (non-hydrogen) atoms. The average molecular weight is 367 g/mol. The van der Waals surface area contributed by atoms with E-state index in [0.717, 1.165) is 24.8 Å². The van der Waals surface area contributed by atoms with Gasteiger partial charge in [0.05, 0.1) is 18.5 Å². The number of nitrogens with one attached hydrogen (secondary N) is 1.